The van der Waals surface area contributed by atoms with Crippen molar-refractivity contribution >= 4 is 40.8 Å². The molecule has 5 rings (SSSR count). The number of carboxylic acid groups (broad SMARTS) is 1. The van der Waals surface area contributed by atoms with E-state index in [4.69, 9.17) is 33.5 Å². The Morgan fingerprint density at radius 3 is 2.84 bits per heavy atom. The standard InChI is InChI=1S/C22H26ClN7O2/c1-10-7-11-4-5-13(10)18(16(11)22(31)32)29-21(15-3-2-6-27-15)30-20(26)17(24)14-8-12(23)9-28-19(14)25/h2-3,6,8-11,13,16,18,24,27H,4-5,7H2,1H3,(H2,25,28)(H,31,32)(H2,26,29,30)/t10-,11?,13+,16-,18-/m0/s1. The van der Waals surface area contributed by atoms with Crippen LogP contribution < -0.4 is 11.5 Å². The van der Waals surface area contributed by atoms with E-state index in [1.165, 1.54) is 12.3 Å². The predicted molar refractivity (Wildman–Crippen MR) is 124 cm³/mol. The van der Waals surface area contributed by atoms with Gasteiger partial charge < -0.3 is 21.6 Å². The summed E-state index contributed by atoms with van der Waals surface area (Å²) in [6.07, 6.45) is 5.88. The van der Waals surface area contributed by atoms with Crippen LogP contribution in [0.5, 0.6) is 0 Å². The first-order valence-corrected chi connectivity index (χ1v) is 10.9. The summed E-state index contributed by atoms with van der Waals surface area (Å²) in [7, 11) is 0. The molecule has 0 radical (unpaired) electrons. The zero-order valence-corrected chi connectivity index (χ0v) is 18.4. The van der Waals surface area contributed by atoms with Crippen molar-refractivity contribution in [3.63, 3.8) is 0 Å². The summed E-state index contributed by atoms with van der Waals surface area (Å²) in [4.78, 5) is 28.4. The third kappa shape index (κ3) is 4.12. The van der Waals surface area contributed by atoms with E-state index in [1.54, 1.807) is 18.3 Å². The Balaban J connectivity index is 1.75. The Labute approximate surface area is 190 Å². The maximum atomic E-state index is 12.1. The van der Waals surface area contributed by atoms with Gasteiger partial charge in [-0.3, -0.25) is 15.2 Å². The third-order valence-electron chi connectivity index (χ3n) is 6.62. The number of H-pyrrole nitrogens is 1. The second kappa shape index (κ2) is 8.74. The fourth-order valence-electron chi connectivity index (χ4n) is 5.09. The van der Waals surface area contributed by atoms with Crippen LogP contribution in [0.15, 0.2) is 40.6 Å². The van der Waals surface area contributed by atoms with Gasteiger partial charge in [0.05, 0.1) is 22.7 Å². The number of anilines is 1. The molecule has 3 aliphatic carbocycles. The van der Waals surface area contributed by atoms with Crippen LogP contribution in [0.25, 0.3) is 0 Å². The van der Waals surface area contributed by atoms with Crippen molar-refractivity contribution in [1.29, 1.82) is 5.41 Å². The van der Waals surface area contributed by atoms with Crippen molar-refractivity contribution in [2.45, 2.75) is 32.2 Å². The number of hydrogen-bond acceptors (Lipinski definition) is 5. The molecule has 5 atom stereocenters. The molecule has 10 heteroatoms. The fourth-order valence-corrected chi connectivity index (χ4v) is 5.25. The van der Waals surface area contributed by atoms with E-state index in [1.807, 2.05) is 0 Å². The van der Waals surface area contributed by atoms with Crippen LogP contribution in [0.2, 0.25) is 5.02 Å². The first kappa shape index (κ1) is 22.0. The number of aliphatic carboxylic acids is 1. The number of hydrogen-bond donors (Lipinski definition) is 5. The Kier molecular flexibility index (Phi) is 6.01. The van der Waals surface area contributed by atoms with E-state index < -0.39 is 17.9 Å². The van der Waals surface area contributed by atoms with E-state index >= 15 is 0 Å². The molecule has 2 aromatic rings. The summed E-state index contributed by atoms with van der Waals surface area (Å²) in [5.74, 6) is -0.470. The normalized spacial score (nSPS) is 28.0. The van der Waals surface area contributed by atoms with Crippen LogP contribution in [0.3, 0.4) is 0 Å². The lowest BCUT2D eigenvalue weighted by molar-refractivity contribution is -0.150. The number of pyridine rings is 1. The van der Waals surface area contributed by atoms with Gasteiger partial charge in [0.25, 0.3) is 0 Å². The molecule has 168 valence electrons. The molecule has 2 aromatic heterocycles. The van der Waals surface area contributed by atoms with Gasteiger partial charge in [-0.2, -0.15) is 0 Å². The van der Waals surface area contributed by atoms with Crippen LogP contribution in [-0.4, -0.2) is 44.5 Å². The van der Waals surface area contributed by atoms with Crippen molar-refractivity contribution < 1.29 is 9.90 Å². The summed E-state index contributed by atoms with van der Waals surface area (Å²) >= 11 is 6.00. The van der Waals surface area contributed by atoms with E-state index in [-0.39, 0.29) is 40.6 Å². The molecule has 0 spiro atoms. The molecule has 3 fully saturated rings. The number of fused-ring (bicyclic) bond motifs is 3. The van der Waals surface area contributed by atoms with Crippen molar-refractivity contribution in [2.24, 2.45) is 39.4 Å². The minimum absolute atomic E-state index is 0.100. The molecule has 9 nitrogen and oxygen atoms in total. The average Bonchev–Trinajstić information content (AvgIpc) is 3.29. The van der Waals surface area contributed by atoms with Gasteiger partial charge in [-0.05, 0) is 55.2 Å². The second-order valence-corrected chi connectivity index (χ2v) is 9.00. The molecule has 3 saturated carbocycles. The molecule has 3 aliphatic rings. The molecule has 0 saturated heterocycles. The van der Waals surface area contributed by atoms with Crippen LogP contribution >= 0.6 is 11.6 Å². The first-order chi connectivity index (χ1) is 15.3. The quantitative estimate of drug-likeness (QED) is 0.344. The van der Waals surface area contributed by atoms with Crippen molar-refractivity contribution in [3.05, 3.63) is 46.9 Å². The zero-order chi connectivity index (χ0) is 23.0. The number of rotatable bonds is 5. The number of aromatic nitrogens is 2. The van der Waals surface area contributed by atoms with Crippen molar-refractivity contribution in [1.82, 2.24) is 9.97 Å². The number of aliphatic imine (C=N–C) groups is 2. The van der Waals surface area contributed by atoms with Gasteiger partial charge in [-0.15, -0.1) is 0 Å². The molecule has 0 aliphatic heterocycles. The average molecular weight is 456 g/mol. The van der Waals surface area contributed by atoms with Gasteiger partial charge in [0, 0.05) is 18.0 Å². The number of nitrogen functional groups attached to an aromatic ring is 1. The van der Waals surface area contributed by atoms with Gasteiger partial charge in [-0.25, -0.2) is 9.98 Å². The van der Waals surface area contributed by atoms with E-state index in [2.05, 4.69) is 21.9 Å². The smallest absolute Gasteiger partial charge is 0.308 e. The van der Waals surface area contributed by atoms with Crippen LogP contribution in [-0.2, 0) is 4.79 Å². The number of carboxylic acids is 1. The Morgan fingerprint density at radius 1 is 1.41 bits per heavy atom. The van der Waals surface area contributed by atoms with Crippen LogP contribution in [0.4, 0.5) is 5.82 Å². The third-order valence-corrected chi connectivity index (χ3v) is 6.83. The minimum Gasteiger partial charge on any atom is -0.481 e. The lowest BCUT2D eigenvalue weighted by atomic mass is 9.58. The summed E-state index contributed by atoms with van der Waals surface area (Å²) in [6, 6.07) is 4.68. The molecule has 32 heavy (non-hydrogen) atoms. The number of amidine groups is 2. The highest BCUT2D eigenvalue weighted by Gasteiger charge is 2.50. The number of nitrogens with zero attached hydrogens (tertiary/aromatic N) is 3. The molecule has 0 aromatic carbocycles. The second-order valence-electron chi connectivity index (χ2n) is 8.56. The Hall–Kier alpha value is -3.20. The SMILES string of the molecule is C[C@H]1CC2CC[C@H]1[C@H](N=C(N=C(N)C(=N)c1cc(Cl)cnc1N)c1ccc[nH]1)[C@H]2C(=O)O. The highest BCUT2D eigenvalue weighted by atomic mass is 35.5. The van der Waals surface area contributed by atoms with Gasteiger partial charge in [0.1, 0.15) is 11.5 Å². The number of nitrogens with one attached hydrogen (secondary N) is 2. The van der Waals surface area contributed by atoms with Gasteiger partial charge in [0.15, 0.2) is 11.7 Å². The number of halogens is 1. The number of aromatic amines is 1. The summed E-state index contributed by atoms with van der Waals surface area (Å²) in [5, 5.41) is 18.7. The largest absolute Gasteiger partial charge is 0.481 e. The van der Waals surface area contributed by atoms with E-state index in [9.17, 15) is 9.90 Å². The molecule has 2 bridgehead atoms. The van der Waals surface area contributed by atoms with Crippen LogP contribution in [0, 0.1) is 29.1 Å². The maximum absolute atomic E-state index is 12.1. The van der Waals surface area contributed by atoms with E-state index in [0.717, 1.165) is 19.3 Å². The number of carbonyl (C=O) groups is 1. The van der Waals surface area contributed by atoms with Gasteiger partial charge in [0.2, 0.25) is 0 Å². The lowest BCUT2D eigenvalue weighted by Crippen LogP contribution is -2.50. The Bertz CT molecular complexity index is 1100. The minimum atomic E-state index is -0.825. The van der Waals surface area contributed by atoms with Crippen molar-refractivity contribution in [3.8, 4) is 0 Å². The molecule has 0 amide bonds. The van der Waals surface area contributed by atoms with Crippen LogP contribution in [0.1, 0.15) is 37.4 Å². The summed E-state index contributed by atoms with van der Waals surface area (Å²) in [6.45, 7) is 2.16. The van der Waals surface area contributed by atoms with Gasteiger partial charge >= 0.3 is 5.97 Å². The van der Waals surface area contributed by atoms with Gasteiger partial charge in [-0.1, -0.05) is 18.5 Å². The fraction of sp³-hybridized carbons (Fsp3) is 0.409. The molecular weight excluding hydrogens is 430 g/mol. The lowest BCUT2D eigenvalue weighted by Gasteiger charge is -2.48. The molecule has 2 heterocycles. The highest BCUT2D eigenvalue weighted by Crippen LogP contribution is 2.49. The summed E-state index contributed by atoms with van der Waals surface area (Å²) < 4.78 is 0. The first-order valence-electron chi connectivity index (χ1n) is 10.5. The van der Waals surface area contributed by atoms with Crippen molar-refractivity contribution in [2.75, 3.05) is 5.73 Å². The molecular formula is C22H26ClN7O2. The molecule has 1 unspecified atom stereocenters. The summed E-state index contributed by atoms with van der Waals surface area (Å²) in [5.41, 5.74) is 12.8. The topological polar surface area (TPSA) is 167 Å². The monoisotopic (exact) mass is 455 g/mol. The maximum Gasteiger partial charge on any atom is 0.308 e. The Morgan fingerprint density at radius 2 is 2.19 bits per heavy atom. The predicted octanol–water partition coefficient (Wildman–Crippen LogP) is 2.95. The molecule has 7 N–H and O–H groups in total. The van der Waals surface area contributed by atoms with E-state index in [0.29, 0.717) is 16.6 Å². The highest BCUT2D eigenvalue weighted by molar-refractivity contribution is 6.48. The number of nitrogens with two attached hydrogens (primary N) is 2. The zero-order valence-electron chi connectivity index (χ0n) is 17.6.